The molecule has 0 radical (unpaired) electrons. The molecule has 5 heteroatoms. The van der Waals surface area contributed by atoms with Gasteiger partial charge in [0.15, 0.2) is 0 Å². The smallest absolute Gasteiger partial charge is 0.0764 e. The lowest BCUT2D eigenvalue weighted by molar-refractivity contribution is 0.0132. The van der Waals surface area contributed by atoms with Gasteiger partial charge in [0.2, 0.25) is 0 Å². The number of nitrogens with zero attached hydrogens (tertiary/aromatic N) is 3. The molecule has 0 spiro atoms. The normalized spacial score (nSPS) is 18.7. The van der Waals surface area contributed by atoms with E-state index in [1.165, 1.54) is 0 Å². The minimum Gasteiger partial charge on any atom is -0.377 e. The number of ether oxygens (including phenoxy) is 1. The maximum atomic E-state index is 5.66. The van der Waals surface area contributed by atoms with Gasteiger partial charge in [-0.15, -0.1) is 11.6 Å². The molecular weight excluding hydrogens is 238 g/mol. The predicted molar refractivity (Wildman–Crippen MR) is 68.2 cm³/mol. The highest BCUT2D eigenvalue weighted by molar-refractivity contribution is 6.17. The van der Waals surface area contributed by atoms with Crippen LogP contribution < -0.4 is 0 Å². The zero-order valence-electron chi connectivity index (χ0n) is 10.3. The molecule has 0 bridgehead atoms. The van der Waals surface area contributed by atoms with E-state index in [1.807, 2.05) is 17.9 Å². The van der Waals surface area contributed by atoms with Gasteiger partial charge >= 0.3 is 0 Å². The molecule has 17 heavy (non-hydrogen) atoms. The van der Waals surface area contributed by atoms with Gasteiger partial charge in [0.1, 0.15) is 0 Å². The van der Waals surface area contributed by atoms with Crippen molar-refractivity contribution in [3.05, 3.63) is 18.0 Å². The van der Waals surface area contributed by atoms with Crippen molar-refractivity contribution in [3.63, 3.8) is 0 Å². The van der Waals surface area contributed by atoms with Crippen LogP contribution in [0.25, 0.3) is 0 Å². The van der Waals surface area contributed by atoms with Crippen LogP contribution in [0.5, 0.6) is 0 Å². The molecule has 0 aliphatic carbocycles. The molecule has 0 unspecified atom stereocenters. The first-order valence-corrected chi connectivity index (χ1v) is 6.70. The Labute approximate surface area is 107 Å². The predicted octanol–water partition coefficient (Wildman–Crippen LogP) is 1.64. The Morgan fingerprint density at radius 3 is 2.82 bits per heavy atom. The summed E-state index contributed by atoms with van der Waals surface area (Å²) in [5, 5.41) is 4.40. The SMILES string of the molecule is Cn1ccc(CN2CCC(OCCCl)CC2)n1. The molecule has 1 aliphatic heterocycles. The summed E-state index contributed by atoms with van der Waals surface area (Å²) < 4.78 is 7.51. The summed E-state index contributed by atoms with van der Waals surface area (Å²) in [6.45, 7) is 3.79. The van der Waals surface area contributed by atoms with Crippen LogP contribution in [0.3, 0.4) is 0 Å². The second-order valence-electron chi connectivity index (χ2n) is 4.52. The quantitative estimate of drug-likeness (QED) is 0.752. The number of piperidine rings is 1. The van der Waals surface area contributed by atoms with Gasteiger partial charge in [-0.2, -0.15) is 5.10 Å². The molecule has 96 valence electrons. The zero-order valence-corrected chi connectivity index (χ0v) is 11.1. The number of alkyl halides is 1. The molecule has 0 saturated carbocycles. The van der Waals surface area contributed by atoms with Crippen molar-refractivity contribution >= 4 is 11.6 Å². The fourth-order valence-electron chi connectivity index (χ4n) is 2.22. The van der Waals surface area contributed by atoms with Crippen molar-refractivity contribution in [1.29, 1.82) is 0 Å². The van der Waals surface area contributed by atoms with E-state index in [0.717, 1.165) is 38.2 Å². The van der Waals surface area contributed by atoms with Crippen LogP contribution in [0.15, 0.2) is 12.3 Å². The number of aryl methyl sites for hydroxylation is 1. The zero-order chi connectivity index (χ0) is 12.1. The molecule has 1 aromatic heterocycles. The molecular formula is C12H20ClN3O. The Morgan fingerprint density at radius 1 is 1.47 bits per heavy atom. The Bertz CT molecular complexity index is 334. The maximum absolute atomic E-state index is 5.66. The summed E-state index contributed by atoms with van der Waals surface area (Å²) in [5.41, 5.74) is 1.15. The fourth-order valence-corrected chi connectivity index (χ4v) is 2.31. The fraction of sp³-hybridized carbons (Fsp3) is 0.750. The minimum atomic E-state index is 0.397. The summed E-state index contributed by atoms with van der Waals surface area (Å²) in [6.07, 6.45) is 4.59. The summed E-state index contributed by atoms with van der Waals surface area (Å²) in [4.78, 5) is 2.43. The highest BCUT2D eigenvalue weighted by Crippen LogP contribution is 2.15. The average Bonchev–Trinajstić information content (AvgIpc) is 2.74. The molecule has 1 saturated heterocycles. The first-order valence-electron chi connectivity index (χ1n) is 6.16. The highest BCUT2D eigenvalue weighted by atomic mass is 35.5. The summed E-state index contributed by atoms with van der Waals surface area (Å²) in [6, 6.07) is 2.08. The van der Waals surface area contributed by atoms with Crippen molar-refractivity contribution in [2.75, 3.05) is 25.6 Å². The van der Waals surface area contributed by atoms with Crippen LogP contribution in [-0.4, -0.2) is 46.4 Å². The molecule has 0 aromatic carbocycles. The Morgan fingerprint density at radius 2 is 2.24 bits per heavy atom. The van der Waals surface area contributed by atoms with Gasteiger partial charge in [0.05, 0.1) is 18.4 Å². The molecule has 1 aromatic rings. The van der Waals surface area contributed by atoms with Crippen LogP contribution in [0.1, 0.15) is 18.5 Å². The van der Waals surface area contributed by atoms with Crippen molar-refractivity contribution in [1.82, 2.24) is 14.7 Å². The van der Waals surface area contributed by atoms with Crippen LogP contribution in [-0.2, 0) is 18.3 Å². The van der Waals surface area contributed by atoms with Crippen LogP contribution in [0.4, 0.5) is 0 Å². The number of rotatable bonds is 5. The standard InChI is InChI=1S/C12H20ClN3O/c1-15-6-2-11(14-15)10-16-7-3-12(4-8-16)17-9-5-13/h2,6,12H,3-5,7-10H2,1H3. The average molecular weight is 258 g/mol. The van der Waals surface area contributed by atoms with E-state index in [1.54, 1.807) is 0 Å². The van der Waals surface area contributed by atoms with Gasteiger partial charge in [0.25, 0.3) is 0 Å². The van der Waals surface area contributed by atoms with Crippen molar-refractivity contribution in [2.24, 2.45) is 7.05 Å². The summed E-state index contributed by atoms with van der Waals surface area (Å²) in [7, 11) is 1.95. The molecule has 0 N–H and O–H groups in total. The van der Waals surface area contributed by atoms with Crippen molar-refractivity contribution < 1.29 is 4.74 Å². The number of likely N-dealkylation sites (tertiary alicyclic amines) is 1. The van der Waals surface area contributed by atoms with Crippen molar-refractivity contribution in [2.45, 2.75) is 25.5 Å². The van der Waals surface area contributed by atoms with Gasteiger partial charge < -0.3 is 4.74 Å². The molecule has 0 atom stereocenters. The second kappa shape index (κ2) is 6.38. The molecule has 4 nitrogen and oxygen atoms in total. The van der Waals surface area contributed by atoms with Crippen LogP contribution in [0.2, 0.25) is 0 Å². The molecule has 1 fully saturated rings. The lowest BCUT2D eigenvalue weighted by atomic mass is 10.1. The highest BCUT2D eigenvalue weighted by Gasteiger charge is 2.19. The largest absolute Gasteiger partial charge is 0.377 e. The van der Waals surface area contributed by atoms with Crippen LogP contribution in [0, 0.1) is 0 Å². The number of halogens is 1. The third kappa shape index (κ3) is 3.98. The van der Waals surface area contributed by atoms with E-state index in [2.05, 4.69) is 16.1 Å². The molecule has 2 heterocycles. The Kier molecular flexibility index (Phi) is 4.83. The number of aromatic nitrogens is 2. The maximum Gasteiger partial charge on any atom is 0.0764 e. The van der Waals surface area contributed by atoms with Gasteiger partial charge in [-0.3, -0.25) is 9.58 Å². The Balaban J connectivity index is 1.72. The molecule has 0 amide bonds. The van der Waals surface area contributed by atoms with Gasteiger partial charge in [0, 0.05) is 38.8 Å². The number of hydrogen-bond donors (Lipinski definition) is 0. The van der Waals surface area contributed by atoms with E-state index < -0.39 is 0 Å². The van der Waals surface area contributed by atoms with E-state index in [-0.39, 0.29) is 0 Å². The lowest BCUT2D eigenvalue weighted by Crippen LogP contribution is -2.36. The Hall–Kier alpha value is -0.580. The third-order valence-electron chi connectivity index (χ3n) is 3.12. The molecule has 2 rings (SSSR count). The minimum absolute atomic E-state index is 0.397. The first-order chi connectivity index (χ1) is 8.28. The van der Waals surface area contributed by atoms with Crippen molar-refractivity contribution in [3.8, 4) is 0 Å². The third-order valence-corrected chi connectivity index (χ3v) is 3.27. The molecule has 1 aliphatic rings. The second-order valence-corrected chi connectivity index (χ2v) is 4.89. The number of hydrogen-bond acceptors (Lipinski definition) is 3. The van der Waals surface area contributed by atoms with Gasteiger partial charge in [-0.1, -0.05) is 0 Å². The van der Waals surface area contributed by atoms with Gasteiger partial charge in [-0.25, -0.2) is 0 Å². The van der Waals surface area contributed by atoms with Gasteiger partial charge in [-0.05, 0) is 18.9 Å². The van der Waals surface area contributed by atoms with E-state index >= 15 is 0 Å². The topological polar surface area (TPSA) is 30.3 Å². The van der Waals surface area contributed by atoms with E-state index in [4.69, 9.17) is 16.3 Å². The lowest BCUT2D eigenvalue weighted by Gasteiger charge is -2.31. The van der Waals surface area contributed by atoms with E-state index in [0.29, 0.717) is 18.6 Å². The summed E-state index contributed by atoms with van der Waals surface area (Å²) >= 11 is 5.61. The monoisotopic (exact) mass is 257 g/mol. The van der Waals surface area contributed by atoms with E-state index in [9.17, 15) is 0 Å². The summed E-state index contributed by atoms with van der Waals surface area (Å²) in [5.74, 6) is 0.591. The van der Waals surface area contributed by atoms with Crippen LogP contribution >= 0.6 is 11.6 Å². The first kappa shape index (κ1) is 12.9.